The van der Waals surface area contributed by atoms with Crippen LogP contribution in [0.1, 0.15) is 17.8 Å². The summed E-state index contributed by atoms with van der Waals surface area (Å²) in [5.41, 5.74) is 2.03. The molecule has 3 aromatic heterocycles. The first kappa shape index (κ1) is 17.5. The smallest absolute Gasteiger partial charge is 0.309 e. The van der Waals surface area contributed by atoms with Crippen molar-refractivity contribution in [1.29, 1.82) is 0 Å². The fraction of sp³-hybridized carbons (Fsp3) is 0.188. The molecule has 2 N–H and O–H groups in total. The van der Waals surface area contributed by atoms with Gasteiger partial charge in [-0.3, -0.25) is 14.9 Å². The van der Waals surface area contributed by atoms with Crippen molar-refractivity contribution in [2.75, 3.05) is 5.32 Å². The van der Waals surface area contributed by atoms with Gasteiger partial charge in [0.2, 0.25) is 11.7 Å². The molecule has 0 radical (unpaired) electrons. The average Bonchev–Trinajstić information content (AvgIpc) is 3.09. The molecule has 0 aliphatic heterocycles. The van der Waals surface area contributed by atoms with Gasteiger partial charge in [-0.15, -0.1) is 0 Å². The van der Waals surface area contributed by atoms with Gasteiger partial charge in [0.05, 0.1) is 5.69 Å². The van der Waals surface area contributed by atoms with Gasteiger partial charge in [0.15, 0.2) is 5.82 Å². The molecular formula is C16H13F3N6O. The number of hydrogen-bond donors (Lipinski definition) is 2. The molecule has 26 heavy (non-hydrogen) atoms. The number of aryl methyl sites for hydroxylation is 1. The molecular weight excluding hydrogens is 349 g/mol. The maximum Gasteiger partial charge on any atom is 0.451 e. The third-order valence-corrected chi connectivity index (χ3v) is 3.44. The van der Waals surface area contributed by atoms with E-state index in [0.717, 1.165) is 23.7 Å². The quantitative estimate of drug-likeness (QED) is 0.728. The molecule has 0 unspecified atom stereocenters. The van der Waals surface area contributed by atoms with Crippen molar-refractivity contribution in [2.24, 2.45) is 0 Å². The number of hydrogen-bond acceptors (Lipinski definition) is 5. The van der Waals surface area contributed by atoms with Crippen molar-refractivity contribution in [1.82, 2.24) is 25.1 Å². The summed E-state index contributed by atoms with van der Waals surface area (Å²) in [5.74, 6) is -1.17. The third-order valence-electron chi connectivity index (χ3n) is 3.44. The normalized spacial score (nSPS) is 11.3. The molecule has 3 aromatic rings. The van der Waals surface area contributed by atoms with Gasteiger partial charge in [-0.2, -0.15) is 18.3 Å². The van der Waals surface area contributed by atoms with Crippen molar-refractivity contribution in [3.8, 4) is 11.3 Å². The summed E-state index contributed by atoms with van der Waals surface area (Å²) in [6.45, 7) is 0. The minimum Gasteiger partial charge on any atom is -0.309 e. The molecule has 0 saturated heterocycles. The lowest BCUT2D eigenvalue weighted by Crippen LogP contribution is -2.14. The van der Waals surface area contributed by atoms with Crippen molar-refractivity contribution >= 4 is 11.7 Å². The Balaban J connectivity index is 1.54. The number of carbonyl (C=O) groups excluding carboxylic acids is 1. The van der Waals surface area contributed by atoms with E-state index in [1.807, 2.05) is 0 Å². The Morgan fingerprint density at radius 2 is 1.85 bits per heavy atom. The lowest BCUT2D eigenvalue weighted by Gasteiger charge is -2.05. The number of anilines is 1. The Morgan fingerprint density at radius 3 is 2.50 bits per heavy atom. The predicted octanol–water partition coefficient (Wildman–Crippen LogP) is 2.85. The highest BCUT2D eigenvalue weighted by Crippen LogP contribution is 2.25. The maximum atomic E-state index is 12.4. The molecule has 3 heterocycles. The number of amides is 1. The fourth-order valence-corrected chi connectivity index (χ4v) is 2.16. The second-order valence-corrected chi connectivity index (χ2v) is 5.36. The van der Waals surface area contributed by atoms with Gasteiger partial charge in [-0.1, -0.05) is 0 Å². The Bertz CT molecular complexity index is 877. The summed E-state index contributed by atoms with van der Waals surface area (Å²) in [4.78, 5) is 22.4. The summed E-state index contributed by atoms with van der Waals surface area (Å²) in [7, 11) is 0. The van der Waals surface area contributed by atoms with E-state index in [2.05, 4.69) is 30.5 Å². The molecule has 0 aliphatic carbocycles. The zero-order valence-electron chi connectivity index (χ0n) is 13.3. The van der Waals surface area contributed by atoms with Crippen molar-refractivity contribution in [3.05, 3.63) is 54.4 Å². The highest BCUT2D eigenvalue weighted by molar-refractivity contribution is 5.90. The second kappa shape index (κ2) is 7.30. The molecule has 0 fully saturated rings. The van der Waals surface area contributed by atoms with Crippen LogP contribution in [0, 0.1) is 0 Å². The van der Waals surface area contributed by atoms with Gasteiger partial charge in [0.1, 0.15) is 0 Å². The first-order valence-electron chi connectivity index (χ1n) is 7.55. The van der Waals surface area contributed by atoms with Crippen LogP contribution in [-0.2, 0) is 17.4 Å². The summed E-state index contributed by atoms with van der Waals surface area (Å²) >= 11 is 0. The van der Waals surface area contributed by atoms with Crippen LogP contribution in [0.25, 0.3) is 11.3 Å². The Morgan fingerprint density at radius 1 is 1.15 bits per heavy atom. The van der Waals surface area contributed by atoms with Gasteiger partial charge in [0, 0.05) is 42.8 Å². The lowest BCUT2D eigenvalue weighted by molar-refractivity contribution is -0.145. The fourth-order valence-electron chi connectivity index (χ4n) is 2.16. The number of nitrogens with one attached hydrogen (secondary N) is 2. The van der Waals surface area contributed by atoms with Gasteiger partial charge in [0.25, 0.3) is 0 Å². The van der Waals surface area contributed by atoms with Crippen LogP contribution < -0.4 is 5.32 Å². The highest BCUT2D eigenvalue weighted by atomic mass is 19.4. The average molecular weight is 362 g/mol. The zero-order chi connectivity index (χ0) is 18.6. The minimum atomic E-state index is -4.58. The first-order chi connectivity index (χ1) is 12.4. The highest BCUT2D eigenvalue weighted by Gasteiger charge is 2.34. The minimum absolute atomic E-state index is 0.0617. The summed E-state index contributed by atoms with van der Waals surface area (Å²) in [6.07, 6.45) is 1.11. The standard InChI is InChI=1S/C16H13F3N6O/c17-16(18,19)15-21-8-10(9-22-15)1-2-14(26)23-13-7-12(24-25-13)11-3-5-20-6-4-11/h3-9H,1-2H2,(H2,23,24,25,26). The van der Waals surface area contributed by atoms with E-state index in [1.165, 1.54) is 0 Å². The molecule has 0 saturated carbocycles. The van der Waals surface area contributed by atoms with E-state index in [0.29, 0.717) is 11.4 Å². The van der Waals surface area contributed by atoms with Crippen LogP contribution in [0.4, 0.5) is 19.0 Å². The summed E-state index contributed by atoms with van der Waals surface area (Å²) in [6, 6.07) is 5.27. The Labute approximate surface area is 145 Å². The van der Waals surface area contributed by atoms with Crippen LogP contribution in [0.15, 0.2) is 43.0 Å². The second-order valence-electron chi connectivity index (χ2n) is 5.36. The van der Waals surface area contributed by atoms with Crippen LogP contribution in [0.5, 0.6) is 0 Å². The monoisotopic (exact) mass is 362 g/mol. The molecule has 1 amide bonds. The van der Waals surface area contributed by atoms with Gasteiger partial charge in [-0.25, -0.2) is 9.97 Å². The van der Waals surface area contributed by atoms with Crippen LogP contribution in [-0.4, -0.2) is 31.1 Å². The maximum absolute atomic E-state index is 12.4. The van der Waals surface area contributed by atoms with Crippen LogP contribution in [0.2, 0.25) is 0 Å². The molecule has 0 spiro atoms. The number of aromatic nitrogens is 5. The largest absolute Gasteiger partial charge is 0.451 e. The lowest BCUT2D eigenvalue weighted by atomic mass is 10.2. The van der Waals surface area contributed by atoms with E-state index < -0.39 is 12.0 Å². The molecule has 0 atom stereocenters. The topological polar surface area (TPSA) is 96.5 Å². The van der Waals surface area contributed by atoms with E-state index in [9.17, 15) is 18.0 Å². The molecule has 10 heteroatoms. The van der Waals surface area contributed by atoms with E-state index in [-0.39, 0.29) is 18.7 Å². The predicted molar refractivity (Wildman–Crippen MR) is 85.8 cm³/mol. The number of carbonyl (C=O) groups is 1. The van der Waals surface area contributed by atoms with Crippen LogP contribution in [0.3, 0.4) is 0 Å². The number of rotatable bonds is 5. The van der Waals surface area contributed by atoms with Crippen molar-refractivity contribution in [2.45, 2.75) is 19.0 Å². The number of H-pyrrole nitrogens is 1. The van der Waals surface area contributed by atoms with Gasteiger partial charge < -0.3 is 5.32 Å². The van der Waals surface area contributed by atoms with Crippen LogP contribution >= 0.6 is 0 Å². The third kappa shape index (κ3) is 4.41. The van der Waals surface area contributed by atoms with E-state index >= 15 is 0 Å². The van der Waals surface area contributed by atoms with Gasteiger partial charge in [-0.05, 0) is 24.1 Å². The zero-order valence-corrected chi connectivity index (χ0v) is 13.3. The number of alkyl halides is 3. The Kier molecular flexibility index (Phi) is 4.92. The van der Waals surface area contributed by atoms with Crippen molar-refractivity contribution < 1.29 is 18.0 Å². The number of aromatic amines is 1. The SMILES string of the molecule is O=C(CCc1cnc(C(F)(F)F)nc1)Nc1cc(-c2ccncc2)[nH]n1. The van der Waals surface area contributed by atoms with E-state index in [1.54, 1.807) is 30.6 Å². The number of nitrogens with zero attached hydrogens (tertiary/aromatic N) is 4. The molecule has 3 rings (SSSR count). The van der Waals surface area contributed by atoms with Gasteiger partial charge >= 0.3 is 6.18 Å². The van der Waals surface area contributed by atoms with Crippen molar-refractivity contribution in [3.63, 3.8) is 0 Å². The Hall–Kier alpha value is -3.30. The van der Waals surface area contributed by atoms with E-state index in [4.69, 9.17) is 0 Å². The molecule has 0 aliphatic rings. The summed E-state index contributed by atoms with van der Waals surface area (Å²) in [5, 5.41) is 9.42. The molecule has 0 bridgehead atoms. The number of halogens is 3. The first-order valence-corrected chi connectivity index (χ1v) is 7.55. The molecule has 0 aromatic carbocycles. The summed E-state index contributed by atoms with van der Waals surface area (Å²) < 4.78 is 37.2. The molecule has 7 nitrogen and oxygen atoms in total. The number of pyridine rings is 1. The molecule has 134 valence electrons.